The zero-order valence-electron chi connectivity index (χ0n) is 22.1. The topological polar surface area (TPSA) is 101 Å². The number of aryl methyl sites for hydroxylation is 2. The van der Waals surface area contributed by atoms with Gasteiger partial charge in [-0.1, -0.05) is 19.1 Å². The van der Waals surface area contributed by atoms with Crippen molar-refractivity contribution in [3.8, 4) is 0 Å². The third-order valence-corrected chi connectivity index (χ3v) is 9.56. The van der Waals surface area contributed by atoms with E-state index in [-0.39, 0.29) is 40.8 Å². The number of β-lactam (4-membered cyclic amide) rings is 1. The van der Waals surface area contributed by atoms with E-state index in [1.165, 1.54) is 33.4 Å². The number of hydrogen-bond acceptors (Lipinski definition) is 6. The number of likely N-dealkylation sites (N-methyl/N-ethyl adjacent to an activating group) is 1. The van der Waals surface area contributed by atoms with Gasteiger partial charge in [0.2, 0.25) is 11.8 Å². The molecule has 1 aromatic rings. The van der Waals surface area contributed by atoms with Crippen LogP contribution < -0.4 is 0 Å². The Morgan fingerprint density at radius 3 is 2.33 bits per heavy atom. The number of benzene rings is 1. The van der Waals surface area contributed by atoms with Crippen LogP contribution in [0, 0.1) is 32.6 Å². The van der Waals surface area contributed by atoms with Crippen molar-refractivity contribution < 1.29 is 24.6 Å². The van der Waals surface area contributed by atoms with Gasteiger partial charge in [0.25, 0.3) is 0 Å². The smallest absolute Gasteiger partial charge is 0.353 e. The van der Waals surface area contributed by atoms with Crippen LogP contribution >= 0.6 is 11.8 Å². The average molecular weight is 516 g/mol. The Bertz CT molecular complexity index is 1110. The maximum atomic E-state index is 13.1. The van der Waals surface area contributed by atoms with Crippen LogP contribution in [0.1, 0.15) is 42.5 Å². The number of hydrogen-bond donors (Lipinski definition) is 2. The van der Waals surface area contributed by atoms with Gasteiger partial charge in [0.1, 0.15) is 5.70 Å². The van der Waals surface area contributed by atoms with Crippen molar-refractivity contribution in [2.75, 3.05) is 20.6 Å². The molecule has 4 rings (SSSR count). The second kappa shape index (κ2) is 9.84. The molecule has 1 aromatic carbocycles. The summed E-state index contributed by atoms with van der Waals surface area (Å²) in [4.78, 5) is 43.9. The molecule has 2 N–H and O–H groups in total. The first kappa shape index (κ1) is 26.7. The highest BCUT2D eigenvalue weighted by Gasteiger charge is 2.60. The summed E-state index contributed by atoms with van der Waals surface area (Å²) in [6.45, 7) is 11.1. The van der Waals surface area contributed by atoms with Crippen molar-refractivity contribution >= 4 is 29.5 Å². The fourth-order valence-corrected chi connectivity index (χ4v) is 7.54. The first-order valence-electron chi connectivity index (χ1n) is 12.5. The van der Waals surface area contributed by atoms with Crippen molar-refractivity contribution in [3.63, 3.8) is 0 Å². The van der Waals surface area contributed by atoms with Gasteiger partial charge >= 0.3 is 5.97 Å². The third-order valence-electron chi connectivity index (χ3n) is 8.07. The minimum Gasteiger partial charge on any atom is -0.477 e. The van der Waals surface area contributed by atoms with Gasteiger partial charge in [0, 0.05) is 43.3 Å². The van der Waals surface area contributed by atoms with E-state index >= 15 is 0 Å². The van der Waals surface area contributed by atoms with E-state index in [4.69, 9.17) is 0 Å². The Labute approximate surface area is 217 Å². The summed E-state index contributed by atoms with van der Waals surface area (Å²) < 4.78 is 0. The summed E-state index contributed by atoms with van der Waals surface area (Å²) in [5.74, 6) is -2.17. The molecule has 0 bridgehead atoms. The van der Waals surface area contributed by atoms with Gasteiger partial charge in [-0.05, 0) is 56.4 Å². The maximum Gasteiger partial charge on any atom is 0.353 e. The number of likely N-dealkylation sites (tertiary alicyclic amines) is 1. The number of fused-ring (bicyclic) bond motifs is 1. The van der Waals surface area contributed by atoms with Crippen LogP contribution in [-0.2, 0) is 20.9 Å². The van der Waals surface area contributed by atoms with Gasteiger partial charge in [0.15, 0.2) is 0 Å². The Balaban J connectivity index is 1.59. The number of aliphatic hydroxyl groups excluding tert-OH is 1. The minimum atomic E-state index is -1.12. The summed E-state index contributed by atoms with van der Waals surface area (Å²) in [5.41, 5.74) is 4.92. The first-order chi connectivity index (χ1) is 16.8. The highest BCUT2D eigenvalue weighted by atomic mass is 32.2. The summed E-state index contributed by atoms with van der Waals surface area (Å²) in [5, 5.41) is 20.1. The van der Waals surface area contributed by atoms with Gasteiger partial charge in [0.05, 0.1) is 24.1 Å². The van der Waals surface area contributed by atoms with Gasteiger partial charge in [-0.2, -0.15) is 0 Å². The third kappa shape index (κ3) is 4.46. The van der Waals surface area contributed by atoms with Gasteiger partial charge in [-0.15, -0.1) is 11.8 Å². The molecule has 0 unspecified atom stereocenters. The predicted molar refractivity (Wildman–Crippen MR) is 139 cm³/mol. The SMILES string of the molecule is Cc1cc(CN2C[C@@H](SC3=C(C(=O)O)N4C(=O)[C@H]([C@@H](C)O)[C@H]4[C@H]3C)C[C@H]2C(=O)N(C)C)cc(C)c1C. The lowest BCUT2D eigenvalue weighted by Crippen LogP contribution is -2.63. The molecule has 2 amide bonds. The lowest BCUT2D eigenvalue weighted by Gasteiger charge is -2.46. The number of carboxylic acid groups (broad SMARTS) is 1. The van der Waals surface area contributed by atoms with Crippen molar-refractivity contribution in [1.29, 1.82) is 0 Å². The number of carbonyl (C=O) groups is 3. The number of nitrogens with zero attached hydrogens (tertiary/aromatic N) is 3. The van der Waals surface area contributed by atoms with E-state index in [1.807, 2.05) is 6.92 Å². The quantitative estimate of drug-likeness (QED) is 0.538. The van der Waals surface area contributed by atoms with E-state index in [0.29, 0.717) is 24.4 Å². The van der Waals surface area contributed by atoms with Crippen molar-refractivity contribution in [3.05, 3.63) is 45.0 Å². The minimum absolute atomic E-state index is 0.0112. The van der Waals surface area contributed by atoms with Crippen molar-refractivity contribution in [2.45, 2.75) is 71.0 Å². The fraction of sp³-hybridized carbons (Fsp3) is 0.593. The van der Waals surface area contributed by atoms with Crippen LogP contribution in [0.4, 0.5) is 0 Å². The van der Waals surface area contributed by atoms with Crippen molar-refractivity contribution in [1.82, 2.24) is 14.7 Å². The molecule has 196 valence electrons. The van der Waals surface area contributed by atoms with Gasteiger partial charge < -0.3 is 20.0 Å². The second-order valence-corrected chi connectivity index (χ2v) is 12.1. The van der Waals surface area contributed by atoms with Crippen LogP contribution in [0.5, 0.6) is 0 Å². The largest absolute Gasteiger partial charge is 0.477 e. The lowest BCUT2D eigenvalue weighted by atomic mass is 9.79. The number of amides is 2. The standard InChI is InChI=1S/C27H37N3O5S/c1-13-8-18(9-14(2)15(13)3)11-29-12-19(10-20(29)25(32)28(6)7)36-24-16(4)22-21(17(5)31)26(33)30(22)23(24)27(34)35/h8-9,16-17,19-22,31H,10-12H2,1-7H3,(H,34,35)/t16-,17-,19+,20+,21-,22-/m1/s1. The summed E-state index contributed by atoms with van der Waals surface area (Å²) in [6, 6.07) is 3.73. The normalized spacial score (nSPS) is 28.8. The monoisotopic (exact) mass is 515 g/mol. The van der Waals surface area contributed by atoms with E-state index in [1.54, 1.807) is 25.9 Å². The molecule has 0 radical (unpaired) electrons. The average Bonchev–Trinajstić information content (AvgIpc) is 3.28. The maximum absolute atomic E-state index is 13.1. The molecule has 3 aliphatic heterocycles. The number of rotatable bonds is 7. The molecule has 0 aromatic heterocycles. The molecule has 0 spiro atoms. The first-order valence-corrected chi connectivity index (χ1v) is 13.4. The van der Waals surface area contributed by atoms with Gasteiger partial charge in [-0.3, -0.25) is 14.5 Å². The highest BCUT2D eigenvalue weighted by Crippen LogP contribution is 2.52. The molecular weight excluding hydrogens is 478 g/mol. The fourth-order valence-electron chi connectivity index (χ4n) is 5.99. The van der Waals surface area contributed by atoms with Crippen LogP contribution in [0.2, 0.25) is 0 Å². The summed E-state index contributed by atoms with van der Waals surface area (Å²) in [6.07, 6.45) is -0.223. The molecule has 36 heavy (non-hydrogen) atoms. The van der Waals surface area contributed by atoms with E-state index < -0.39 is 18.0 Å². The van der Waals surface area contributed by atoms with Crippen LogP contribution in [0.15, 0.2) is 22.7 Å². The number of aliphatic carboxylic acids is 1. The Morgan fingerprint density at radius 2 is 1.81 bits per heavy atom. The molecule has 3 heterocycles. The van der Waals surface area contributed by atoms with Gasteiger partial charge in [-0.25, -0.2) is 4.79 Å². The Kier molecular flexibility index (Phi) is 7.29. The molecule has 0 aliphatic carbocycles. The molecular formula is C27H37N3O5S. The Hall–Kier alpha value is -2.36. The Morgan fingerprint density at radius 1 is 1.19 bits per heavy atom. The molecule has 6 atom stereocenters. The summed E-state index contributed by atoms with van der Waals surface area (Å²) in [7, 11) is 3.52. The van der Waals surface area contributed by atoms with Crippen LogP contribution in [0.3, 0.4) is 0 Å². The van der Waals surface area contributed by atoms with Crippen molar-refractivity contribution in [2.24, 2.45) is 11.8 Å². The van der Waals surface area contributed by atoms with E-state index in [9.17, 15) is 24.6 Å². The molecule has 2 saturated heterocycles. The molecule has 9 heteroatoms. The second-order valence-electron chi connectivity index (χ2n) is 10.8. The van der Waals surface area contributed by atoms with Crippen LogP contribution in [-0.4, -0.2) is 86.8 Å². The molecule has 2 fully saturated rings. The number of carboxylic acids is 1. The zero-order valence-corrected chi connectivity index (χ0v) is 22.9. The highest BCUT2D eigenvalue weighted by molar-refractivity contribution is 8.03. The number of thioether (sulfide) groups is 1. The number of aliphatic hydroxyl groups is 1. The zero-order chi connectivity index (χ0) is 26.6. The predicted octanol–water partition coefficient (Wildman–Crippen LogP) is 2.53. The van der Waals surface area contributed by atoms with E-state index in [0.717, 1.165) is 5.56 Å². The van der Waals surface area contributed by atoms with Crippen LogP contribution in [0.25, 0.3) is 0 Å². The molecule has 8 nitrogen and oxygen atoms in total. The molecule has 3 aliphatic rings. The number of carbonyl (C=O) groups excluding carboxylic acids is 2. The van der Waals surface area contributed by atoms with E-state index in [2.05, 4.69) is 37.8 Å². The lowest BCUT2D eigenvalue weighted by molar-refractivity contribution is -0.163. The molecule has 0 saturated carbocycles. The summed E-state index contributed by atoms with van der Waals surface area (Å²) >= 11 is 1.49.